The monoisotopic (exact) mass is 412 g/mol. The van der Waals surface area contributed by atoms with Gasteiger partial charge in [0.15, 0.2) is 0 Å². The van der Waals surface area contributed by atoms with E-state index in [-0.39, 0.29) is 18.7 Å². The number of carbonyl (C=O) groups is 4. The van der Waals surface area contributed by atoms with Crippen LogP contribution >= 0.6 is 0 Å². The molecule has 0 bridgehead atoms. The number of nitrogens with zero attached hydrogens (tertiary/aromatic N) is 2. The Bertz CT molecular complexity index is 895. The van der Waals surface area contributed by atoms with E-state index in [4.69, 9.17) is 0 Å². The Labute approximate surface area is 176 Å². The minimum Gasteiger partial charge on any atom is -0.381 e. The average Bonchev–Trinajstić information content (AvgIpc) is 3.27. The van der Waals surface area contributed by atoms with E-state index in [0.717, 1.165) is 42.9 Å². The summed E-state index contributed by atoms with van der Waals surface area (Å²) in [5, 5.41) is 5.79. The van der Waals surface area contributed by atoms with Crippen molar-refractivity contribution in [1.82, 2.24) is 15.1 Å². The van der Waals surface area contributed by atoms with Gasteiger partial charge in [-0.3, -0.25) is 34.3 Å². The van der Waals surface area contributed by atoms with Crippen molar-refractivity contribution in [2.75, 3.05) is 18.4 Å². The van der Waals surface area contributed by atoms with Crippen LogP contribution in [-0.4, -0.2) is 64.6 Å². The summed E-state index contributed by atoms with van der Waals surface area (Å²) in [5.74, 6) is -1.91. The lowest BCUT2D eigenvalue weighted by Crippen LogP contribution is -2.54. The van der Waals surface area contributed by atoms with Crippen LogP contribution in [0, 0.1) is 0 Å². The number of piperidine rings is 1. The van der Waals surface area contributed by atoms with Crippen LogP contribution in [0.5, 0.6) is 0 Å². The van der Waals surface area contributed by atoms with Gasteiger partial charge in [-0.15, -0.1) is 0 Å². The molecule has 0 spiro atoms. The van der Waals surface area contributed by atoms with Crippen LogP contribution in [0.25, 0.3) is 0 Å². The van der Waals surface area contributed by atoms with Crippen LogP contribution in [-0.2, 0) is 9.59 Å². The Morgan fingerprint density at radius 3 is 2.47 bits per heavy atom. The zero-order chi connectivity index (χ0) is 21.4. The van der Waals surface area contributed by atoms with Crippen LogP contribution in [0.2, 0.25) is 0 Å². The number of rotatable bonds is 6. The van der Waals surface area contributed by atoms with Crippen molar-refractivity contribution in [3.05, 3.63) is 29.3 Å². The molecule has 2 heterocycles. The van der Waals surface area contributed by atoms with Gasteiger partial charge in [-0.1, -0.05) is 13.8 Å². The lowest BCUT2D eigenvalue weighted by atomic mass is 10.0. The summed E-state index contributed by atoms with van der Waals surface area (Å²) in [5.41, 5.74) is 1.43. The Kier molecular flexibility index (Phi) is 5.60. The molecule has 8 heteroatoms. The molecule has 0 radical (unpaired) electrons. The molecule has 1 unspecified atom stereocenters. The van der Waals surface area contributed by atoms with Gasteiger partial charge in [-0.05, 0) is 57.0 Å². The van der Waals surface area contributed by atoms with Gasteiger partial charge in [0, 0.05) is 24.2 Å². The minimum atomic E-state index is -0.937. The van der Waals surface area contributed by atoms with Gasteiger partial charge < -0.3 is 5.32 Å². The highest BCUT2D eigenvalue weighted by Crippen LogP contribution is 2.32. The molecule has 1 aromatic carbocycles. The van der Waals surface area contributed by atoms with Crippen molar-refractivity contribution in [2.45, 2.75) is 64.1 Å². The van der Waals surface area contributed by atoms with Crippen molar-refractivity contribution in [3.8, 4) is 0 Å². The lowest BCUT2D eigenvalue weighted by Gasteiger charge is -2.32. The Morgan fingerprint density at radius 2 is 1.77 bits per heavy atom. The molecule has 2 fully saturated rings. The fourth-order valence-corrected chi connectivity index (χ4v) is 5.01. The Morgan fingerprint density at radius 1 is 1.03 bits per heavy atom. The Balaban J connectivity index is 1.54. The van der Waals surface area contributed by atoms with E-state index in [1.807, 2.05) is 6.07 Å². The number of imide groups is 2. The molecule has 2 aliphatic heterocycles. The molecule has 2 N–H and O–H groups in total. The molecule has 4 rings (SSSR count). The van der Waals surface area contributed by atoms with Crippen LogP contribution in [0.1, 0.15) is 66.7 Å². The zero-order valence-corrected chi connectivity index (χ0v) is 17.4. The van der Waals surface area contributed by atoms with Crippen molar-refractivity contribution in [2.24, 2.45) is 0 Å². The normalized spacial score (nSPS) is 26.4. The second kappa shape index (κ2) is 8.18. The quantitative estimate of drug-likeness (QED) is 0.691. The third kappa shape index (κ3) is 3.49. The first-order valence-corrected chi connectivity index (χ1v) is 10.8. The van der Waals surface area contributed by atoms with Crippen LogP contribution in [0.4, 0.5) is 5.69 Å². The number of hydrogen-bond acceptors (Lipinski definition) is 6. The van der Waals surface area contributed by atoms with Crippen molar-refractivity contribution >= 4 is 29.3 Å². The number of anilines is 1. The van der Waals surface area contributed by atoms with E-state index in [1.165, 1.54) is 0 Å². The molecule has 1 aliphatic carbocycles. The first-order chi connectivity index (χ1) is 14.4. The van der Waals surface area contributed by atoms with E-state index < -0.39 is 23.8 Å². The third-order valence-corrected chi connectivity index (χ3v) is 6.55. The molecule has 8 nitrogen and oxygen atoms in total. The second-order valence-electron chi connectivity index (χ2n) is 8.18. The molecule has 0 aromatic heterocycles. The Hall–Kier alpha value is -2.74. The smallest absolute Gasteiger partial charge is 0.262 e. The number of benzene rings is 1. The molecule has 1 saturated heterocycles. The predicted octanol–water partition coefficient (Wildman–Crippen LogP) is 1.76. The van der Waals surface area contributed by atoms with E-state index in [1.54, 1.807) is 12.1 Å². The zero-order valence-electron chi connectivity index (χ0n) is 17.4. The minimum absolute atomic E-state index is 0.116. The molecule has 160 valence electrons. The van der Waals surface area contributed by atoms with Crippen LogP contribution in [0.15, 0.2) is 18.2 Å². The van der Waals surface area contributed by atoms with Gasteiger partial charge in [0.05, 0.1) is 11.1 Å². The molecule has 30 heavy (non-hydrogen) atoms. The first-order valence-electron chi connectivity index (χ1n) is 10.8. The SMILES string of the molecule is CCN(CC)[C@@H]1CCC[C@H]1Nc1ccc2c(c1)C(=O)N(C1CCC(=O)NC1=O)C2=O. The lowest BCUT2D eigenvalue weighted by molar-refractivity contribution is -0.136. The van der Waals surface area contributed by atoms with E-state index in [0.29, 0.717) is 23.2 Å². The highest BCUT2D eigenvalue weighted by molar-refractivity contribution is 6.23. The van der Waals surface area contributed by atoms with Crippen molar-refractivity contribution in [1.29, 1.82) is 0 Å². The molecule has 3 atom stereocenters. The number of amides is 4. The van der Waals surface area contributed by atoms with Crippen LogP contribution in [0.3, 0.4) is 0 Å². The molecular formula is C22H28N4O4. The maximum Gasteiger partial charge on any atom is 0.262 e. The first kappa shape index (κ1) is 20.5. The fraction of sp³-hybridized carbons (Fsp3) is 0.545. The van der Waals surface area contributed by atoms with E-state index in [9.17, 15) is 19.2 Å². The molecule has 4 amide bonds. The largest absolute Gasteiger partial charge is 0.381 e. The second-order valence-corrected chi connectivity index (χ2v) is 8.18. The molecular weight excluding hydrogens is 384 g/mol. The van der Waals surface area contributed by atoms with Gasteiger partial charge in [0.2, 0.25) is 11.8 Å². The fourth-order valence-electron chi connectivity index (χ4n) is 5.01. The molecule has 3 aliphatic rings. The topological polar surface area (TPSA) is 98.8 Å². The maximum atomic E-state index is 13.0. The summed E-state index contributed by atoms with van der Waals surface area (Å²) in [6.07, 6.45) is 3.64. The van der Waals surface area contributed by atoms with Gasteiger partial charge in [-0.25, -0.2) is 0 Å². The highest BCUT2D eigenvalue weighted by Gasteiger charge is 2.44. The highest BCUT2D eigenvalue weighted by atomic mass is 16.2. The predicted molar refractivity (Wildman–Crippen MR) is 111 cm³/mol. The van der Waals surface area contributed by atoms with Gasteiger partial charge in [0.25, 0.3) is 11.8 Å². The summed E-state index contributed by atoms with van der Waals surface area (Å²) in [6, 6.07) is 5.01. The number of likely N-dealkylation sites (N-methyl/N-ethyl adjacent to an activating group) is 1. The van der Waals surface area contributed by atoms with E-state index in [2.05, 4.69) is 29.4 Å². The van der Waals surface area contributed by atoms with Gasteiger partial charge in [0.1, 0.15) is 6.04 Å². The third-order valence-electron chi connectivity index (χ3n) is 6.55. The number of carbonyl (C=O) groups excluding carboxylic acids is 4. The van der Waals surface area contributed by atoms with Gasteiger partial charge in [-0.2, -0.15) is 0 Å². The number of fused-ring (bicyclic) bond motifs is 1. The van der Waals surface area contributed by atoms with Crippen LogP contribution < -0.4 is 10.6 Å². The summed E-state index contributed by atoms with van der Waals surface area (Å²) < 4.78 is 0. The summed E-state index contributed by atoms with van der Waals surface area (Å²) in [4.78, 5) is 52.9. The average molecular weight is 412 g/mol. The molecule has 1 saturated carbocycles. The number of nitrogens with one attached hydrogen (secondary N) is 2. The maximum absolute atomic E-state index is 13.0. The van der Waals surface area contributed by atoms with Gasteiger partial charge >= 0.3 is 0 Å². The molecule has 1 aromatic rings. The standard InChI is InChI=1S/C22H28N4O4/c1-3-25(4-2)17-7-5-6-16(17)23-13-8-9-14-15(12-13)22(30)26(21(14)29)18-10-11-19(27)24-20(18)28/h8-9,12,16-18,23H,3-7,10-11H2,1-2H3,(H,24,27,28)/t16-,17-,18?/m1/s1. The van der Waals surface area contributed by atoms with Crippen molar-refractivity contribution < 1.29 is 19.2 Å². The van der Waals surface area contributed by atoms with E-state index >= 15 is 0 Å². The van der Waals surface area contributed by atoms with Crippen molar-refractivity contribution in [3.63, 3.8) is 0 Å². The summed E-state index contributed by atoms with van der Waals surface area (Å²) in [7, 11) is 0. The summed E-state index contributed by atoms with van der Waals surface area (Å²) >= 11 is 0. The number of hydrogen-bond donors (Lipinski definition) is 2. The summed E-state index contributed by atoms with van der Waals surface area (Å²) in [6.45, 7) is 6.33.